The Morgan fingerprint density at radius 1 is 1.11 bits per heavy atom. The van der Waals surface area contributed by atoms with Crippen LogP contribution in [0.25, 0.3) is 0 Å². The predicted molar refractivity (Wildman–Crippen MR) is 67.3 cm³/mol. The first-order valence-corrected chi connectivity index (χ1v) is 5.28. The maximum absolute atomic E-state index is 11.3. The third-order valence-corrected chi connectivity index (χ3v) is 2.10. The molecular weight excluding hydrogens is 252 g/mol. The van der Waals surface area contributed by atoms with E-state index in [1.165, 1.54) is 18.2 Å². The highest BCUT2D eigenvalue weighted by Gasteiger charge is 2.14. The van der Waals surface area contributed by atoms with Gasteiger partial charge in [-0.1, -0.05) is 6.07 Å². The monoisotopic (exact) mass is 266 g/mol. The lowest BCUT2D eigenvalue weighted by atomic mass is 10.1. The number of rotatable bonds is 7. The minimum Gasteiger partial charge on any atom is -0.482 e. The van der Waals surface area contributed by atoms with Crippen molar-refractivity contribution in [2.45, 2.75) is 0 Å². The van der Waals surface area contributed by atoms with Crippen molar-refractivity contribution >= 4 is 23.4 Å². The van der Waals surface area contributed by atoms with E-state index in [0.717, 1.165) is 0 Å². The zero-order valence-electron chi connectivity index (χ0n) is 10.0. The van der Waals surface area contributed by atoms with E-state index in [1.54, 1.807) is 0 Å². The maximum Gasteiger partial charge on any atom is 0.255 e. The van der Waals surface area contributed by atoms with Gasteiger partial charge in [0.15, 0.2) is 6.61 Å². The van der Waals surface area contributed by atoms with Crippen molar-refractivity contribution < 1.29 is 19.1 Å². The van der Waals surface area contributed by atoms with E-state index in [-0.39, 0.29) is 30.2 Å². The van der Waals surface area contributed by atoms with Crippen LogP contribution < -0.4 is 27.3 Å². The predicted octanol–water partition coefficient (Wildman–Crippen LogP) is -1.45. The van der Waals surface area contributed by atoms with Gasteiger partial charge in [0, 0.05) is 0 Å². The normalized spacial score (nSPS) is 9.68. The number of hydrogen-bond acceptors (Lipinski definition) is 5. The summed E-state index contributed by atoms with van der Waals surface area (Å²) in [5.41, 5.74) is 15.5. The third kappa shape index (κ3) is 4.19. The molecule has 1 aromatic carbocycles. The van der Waals surface area contributed by atoms with Crippen LogP contribution >= 0.6 is 0 Å². The molecule has 102 valence electrons. The summed E-state index contributed by atoms with van der Waals surface area (Å²) in [5, 5.41) is 2.63. The van der Waals surface area contributed by atoms with E-state index >= 15 is 0 Å². The number of para-hydroxylation sites is 1. The summed E-state index contributed by atoms with van der Waals surface area (Å²) in [6.45, 7) is -0.579. The van der Waals surface area contributed by atoms with Crippen LogP contribution in [0.4, 0.5) is 5.69 Å². The topological polar surface area (TPSA) is 151 Å². The molecule has 0 spiro atoms. The van der Waals surface area contributed by atoms with E-state index in [1.807, 2.05) is 0 Å². The summed E-state index contributed by atoms with van der Waals surface area (Å²) in [4.78, 5) is 32.7. The second kappa shape index (κ2) is 6.24. The molecule has 8 nitrogen and oxygen atoms in total. The molecular formula is C11H14N4O4. The SMILES string of the molecule is NC(=O)CNc1c(OCC(N)=O)cccc1C(N)=O. The van der Waals surface area contributed by atoms with Crippen LogP contribution in [0.3, 0.4) is 0 Å². The molecule has 1 aromatic rings. The number of ether oxygens (including phenoxy) is 1. The zero-order valence-corrected chi connectivity index (χ0v) is 10.0. The lowest BCUT2D eigenvalue weighted by Gasteiger charge is -2.14. The highest BCUT2D eigenvalue weighted by atomic mass is 16.5. The minimum absolute atomic E-state index is 0.114. The van der Waals surface area contributed by atoms with Crippen LogP contribution in [0.1, 0.15) is 10.4 Å². The smallest absolute Gasteiger partial charge is 0.255 e. The first-order valence-electron chi connectivity index (χ1n) is 5.28. The molecule has 0 aliphatic carbocycles. The Kier molecular flexibility index (Phi) is 4.69. The zero-order chi connectivity index (χ0) is 14.4. The van der Waals surface area contributed by atoms with E-state index in [2.05, 4.69) is 5.32 Å². The van der Waals surface area contributed by atoms with Crippen molar-refractivity contribution in [3.63, 3.8) is 0 Å². The molecule has 0 bridgehead atoms. The van der Waals surface area contributed by atoms with Gasteiger partial charge in [0.1, 0.15) is 5.75 Å². The standard InChI is InChI=1S/C11H14N4O4/c12-8(16)4-15-10-6(11(14)18)2-1-3-7(10)19-5-9(13)17/h1-3,15H,4-5H2,(H2,12,16)(H2,13,17)(H2,14,18). The average molecular weight is 266 g/mol. The van der Waals surface area contributed by atoms with Crippen molar-refractivity contribution in [2.24, 2.45) is 17.2 Å². The Morgan fingerprint density at radius 3 is 2.32 bits per heavy atom. The van der Waals surface area contributed by atoms with Crippen LogP contribution in [0.5, 0.6) is 5.75 Å². The Hall–Kier alpha value is -2.77. The fourth-order valence-corrected chi connectivity index (χ4v) is 1.36. The highest BCUT2D eigenvalue weighted by Crippen LogP contribution is 2.28. The first kappa shape index (κ1) is 14.3. The van der Waals surface area contributed by atoms with Crippen molar-refractivity contribution in [1.29, 1.82) is 0 Å². The Morgan fingerprint density at radius 2 is 1.79 bits per heavy atom. The van der Waals surface area contributed by atoms with Gasteiger partial charge in [0.2, 0.25) is 5.91 Å². The number of primary amides is 3. The molecule has 19 heavy (non-hydrogen) atoms. The molecule has 0 heterocycles. The number of hydrogen-bond donors (Lipinski definition) is 4. The number of carbonyl (C=O) groups is 3. The molecule has 8 heteroatoms. The molecule has 0 saturated carbocycles. The summed E-state index contributed by atoms with van der Waals surface area (Å²) in [6.07, 6.45) is 0. The molecule has 0 saturated heterocycles. The lowest BCUT2D eigenvalue weighted by Crippen LogP contribution is -2.25. The summed E-state index contributed by atoms with van der Waals surface area (Å²) in [6, 6.07) is 4.47. The van der Waals surface area contributed by atoms with Gasteiger partial charge in [-0.15, -0.1) is 0 Å². The van der Waals surface area contributed by atoms with E-state index in [0.29, 0.717) is 0 Å². The van der Waals surface area contributed by atoms with E-state index in [9.17, 15) is 14.4 Å². The number of nitrogens with one attached hydrogen (secondary N) is 1. The van der Waals surface area contributed by atoms with Crippen molar-refractivity contribution in [1.82, 2.24) is 0 Å². The molecule has 0 fully saturated rings. The molecule has 0 unspecified atom stereocenters. The molecule has 0 radical (unpaired) electrons. The Bertz CT molecular complexity index is 515. The van der Waals surface area contributed by atoms with Crippen LogP contribution in [-0.2, 0) is 9.59 Å². The number of benzene rings is 1. The summed E-state index contributed by atoms with van der Waals surface area (Å²) in [5.74, 6) is -1.83. The molecule has 0 aliphatic rings. The second-order valence-corrected chi connectivity index (χ2v) is 3.62. The van der Waals surface area contributed by atoms with Gasteiger partial charge < -0.3 is 27.3 Å². The fraction of sp³-hybridized carbons (Fsp3) is 0.182. The number of nitrogens with two attached hydrogens (primary N) is 3. The van der Waals surface area contributed by atoms with Crippen LogP contribution in [0, 0.1) is 0 Å². The van der Waals surface area contributed by atoms with Gasteiger partial charge in [-0.2, -0.15) is 0 Å². The van der Waals surface area contributed by atoms with Crippen LogP contribution in [0.15, 0.2) is 18.2 Å². The molecule has 3 amide bonds. The fourth-order valence-electron chi connectivity index (χ4n) is 1.36. The first-order chi connectivity index (χ1) is 8.91. The third-order valence-electron chi connectivity index (χ3n) is 2.10. The van der Waals surface area contributed by atoms with Gasteiger partial charge in [-0.05, 0) is 12.1 Å². The molecule has 1 rings (SSSR count). The van der Waals surface area contributed by atoms with Crippen molar-refractivity contribution in [2.75, 3.05) is 18.5 Å². The van der Waals surface area contributed by atoms with Crippen molar-refractivity contribution in [3.8, 4) is 5.75 Å². The maximum atomic E-state index is 11.3. The van der Waals surface area contributed by atoms with Gasteiger partial charge in [0.05, 0.1) is 17.8 Å². The molecule has 7 N–H and O–H groups in total. The van der Waals surface area contributed by atoms with Gasteiger partial charge in [-0.3, -0.25) is 14.4 Å². The van der Waals surface area contributed by atoms with Gasteiger partial charge in [0.25, 0.3) is 11.8 Å². The Balaban J connectivity index is 3.06. The van der Waals surface area contributed by atoms with E-state index in [4.69, 9.17) is 21.9 Å². The minimum atomic E-state index is -0.712. The molecule has 0 atom stereocenters. The van der Waals surface area contributed by atoms with E-state index < -0.39 is 17.7 Å². The number of anilines is 1. The number of carbonyl (C=O) groups excluding carboxylic acids is 3. The number of amides is 3. The van der Waals surface area contributed by atoms with Crippen molar-refractivity contribution in [3.05, 3.63) is 23.8 Å². The molecule has 0 aliphatic heterocycles. The lowest BCUT2D eigenvalue weighted by molar-refractivity contribution is -0.120. The Labute approximate surface area is 108 Å². The van der Waals surface area contributed by atoms with Crippen LogP contribution in [-0.4, -0.2) is 30.9 Å². The second-order valence-electron chi connectivity index (χ2n) is 3.62. The van der Waals surface area contributed by atoms with Gasteiger partial charge >= 0.3 is 0 Å². The highest BCUT2D eigenvalue weighted by molar-refractivity contribution is 6.00. The van der Waals surface area contributed by atoms with Gasteiger partial charge in [-0.25, -0.2) is 0 Å². The summed E-state index contributed by atoms with van der Waals surface area (Å²) < 4.78 is 5.12. The summed E-state index contributed by atoms with van der Waals surface area (Å²) >= 11 is 0. The largest absolute Gasteiger partial charge is 0.482 e. The summed E-state index contributed by atoms with van der Waals surface area (Å²) in [7, 11) is 0. The molecule has 0 aromatic heterocycles. The quantitative estimate of drug-likeness (QED) is 0.475. The average Bonchev–Trinajstić information content (AvgIpc) is 2.33. The van der Waals surface area contributed by atoms with Crippen LogP contribution in [0.2, 0.25) is 0 Å².